The predicted octanol–water partition coefficient (Wildman–Crippen LogP) is 4.65. The van der Waals surface area contributed by atoms with Crippen LogP contribution in [0.3, 0.4) is 0 Å². The number of carbonyl (C=O) groups is 1. The summed E-state index contributed by atoms with van der Waals surface area (Å²) in [5.74, 6) is 0.991. The Labute approximate surface area is 220 Å². The summed E-state index contributed by atoms with van der Waals surface area (Å²) in [5, 5.41) is 7.29. The van der Waals surface area contributed by atoms with E-state index < -0.39 is 0 Å². The van der Waals surface area contributed by atoms with E-state index in [4.69, 9.17) is 19.2 Å². The molecule has 2 heterocycles. The van der Waals surface area contributed by atoms with Crippen LogP contribution in [0.2, 0.25) is 0 Å². The molecule has 0 aliphatic carbocycles. The monoisotopic (exact) mass is 518 g/mol. The van der Waals surface area contributed by atoms with Crippen LogP contribution in [-0.2, 0) is 6.54 Å². The van der Waals surface area contributed by atoms with E-state index in [0.717, 1.165) is 53.5 Å². The fraction of sp³-hybridized carbons (Fsp3) is 0.286. The van der Waals surface area contributed by atoms with Gasteiger partial charge in [0.1, 0.15) is 5.01 Å². The smallest absolute Gasteiger partial charge is 0.255 e. The highest BCUT2D eigenvalue weighted by atomic mass is 32.1. The lowest BCUT2D eigenvalue weighted by atomic mass is 10.1. The fourth-order valence-electron chi connectivity index (χ4n) is 4.50. The van der Waals surface area contributed by atoms with Gasteiger partial charge in [0, 0.05) is 43.9 Å². The molecule has 3 aromatic carbocycles. The van der Waals surface area contributed by atoms with E-state index in [2.05, 4.69) is 33.7 Å². The van der Waals surface area contributed by atoms with Crippen molar-refractivity contribution in [2.24, 2.45) is 0 Å². The maximum absolute atomic E-state index is 13.3. The standard InChI is InChI=1S/C28H30N4O4S/c1-34-23-15-19(16-24(35-2)26(23)36-3)27(33)30-21-7-5-4-6-20(21)28-31-22-9-8-18(14-25(22)37-28)17-32-12-10-29-11-13-32/h4-9,14-16,29H,10-13,17H2,1-3H3,(H,30,33). The Balaban J connectivity index is 1.41. The van der Waals surface area contributed by atoms with Gasteiger partial charge >= 0.3 is 0 Å². The molecule has 9 heteroatoms. The van der Waals surface area contributed by atoms with Crippen molar-refractivity contribution >= 4 is 33.1 Å². The molecule has 37 heavy (non-hydrogen) atoms. The molecule has 1 aromatic heterocycles. The molecule has 0 atom stereocenters. The second-order valence-corrected chi connectivity index (χ2v) is 9.79. The SMILES string of the molecule is COc1cc(C(=O)Nc2ccccc2-c2nc3ccc(CN4CCNCC4)cc3s2)cc(OC)c1OC. The summed E-state index contributed by atoms with van der Waals surface area (Å²) in [6.45, 7) is 5.12. The van der Waals surface area contributed by atoms with Crippen LogP contribution in [0, 0.1) is 0 Å². The zero-order chi connectivity index (χ0) is 25.8. The molecule has 5 rings (SSSR count). The van der Waals surface area contributed by atoms with Crippen molar-refractivity contribution in [1.82, 2.24) is 15.2 Å². The normalized spacial score (nSPS) is 13.9. The highest BCUT2D eigenvalue weighted by Crippen LogP contribution is 2.39. The van der Waals surface area contributed by atoms with Crippen molar-refractivity contribution < 1.29 is 19.0 Å². The van der Waals surface area contributed by atoms with Crippen molar-refractivity contribution in [3.8, 4) is 27.8 Å². The van der Waals surface area contributed by atoms with Gasteiger partial charge in [0.05, 0.1) is 37.2 Å². The number of hydrogen-bond acceptors (Lipinski definition) is 8. The van der Waals surface area contributed by atoms with E-state index in [0.29, 0.717) is 28.5 Å². The van der Waals surface area contributed by atoms with Gasteiger partial charge in [0.15, 0.2) is 11.5 Å². The van der Waals surface area contributed by atoms with Crippen LogP contribution in [0.1, 0.15) is 15.9 Å². The van der Waals surface area contributed by atoms with E-state index >= 15 is 0 Å². The molecule has 4 aromatic rings. The Bertz CT molecular complexity index is 1390. The fourth-order valence-corrected chi connectivity index (χ4v) is 5.56. The number of nitrogens with zero attached hydrogens (tertiary/aromatic N) is 2. The number of amides is 1. The van der Waals surface area contributed by atoms with Gasteiger partial charge in [-0.25, -0.2) is 4.98 Å². The molecule has 0 unspecified atom stereocenters. The van der Waals surface area contributed by atoms with E-state index in [1.807, 2.05) is 24.3 Å². The number of ether oxygens (including phenoxy) is 3. The number of benzene rings is 3. The molecular weight excluding hydrogens is 488 g/mol. The molecule has 1 amide bonds. The largest absolute Gasteiger partial charge is 0.493 e. The number of rotatable bonds is 8. The zero-order valence-corrected chi connectivity index (χ0v) is 22.0. The second-order valence-electron chi connectivity index (χ2n) is 8.76. The molecule has 0 radical (unpaired) electrons. The molecule has 0 spiro atoms. The minimum atomic E-state index is -0.286. The zero-order valence-electron chi connectivity index (χ0n) is 21.2. The van der Waals surface area contributed by atoms with Gasteiger partial charge in [-0.15, -0.1) is 11.3 Å². The van der Waals surface area contributed by atoms with Crippen LogP contribution in [0.15, 0.2) is 54.6 Å². The summed E-state index contributed by atoms with van der Waals surface area (Å²) in [6, 6.07) is 17.5. The number of hydrogen-bond donors (Lipinski definition) is 2. The van der Waals surface area contributed by atoms with Crippen LogP contribution in [0.4, 0.5) is 5.69 Å². The molecule has 1 fully saturated rings. The molecule has 0 saturated carbocycles. The second kappa shape index (κ2) is 11.2. The summed E-state index contributed by atoms with van der Waals surface area (Å²) >= 11 is 1.63. The molecule has 192 valence electrons. The van der Waals surface area contributed by atoms with Gasteiger partial charge in [0.2, 0.25) is 5.75 Å². The van der Waals surface area contributed by atoms with Gasteiger partial charge < -0.3 is 24.8 Å². The van der Waals surface area contributed by atoms with Crippen LogP contribution in [-0.4, -0.2) is 63.3 Å². The average Bonchev–Trinajstić information content (AvgIpc) is 3.36. The van der Waals surface area contributed by atoms with Crippen molar-refractivity contribution in [3.05, 3.63) is 65.7 Å². The minimum Gasteiger partial charge on any atom is -0.493 e. The lowest BCUT2D eigenvalue weighted by Gasteiger charge is -2.27. The lowest BCUT2D eigenvalue weighted by molar-refractivity contribution is 0.102. The van der Waals surface area contributed by atoms with E-state index in [9.17, 15) is 4.79 Å². The average molecular weight is 519 g/mol. The number of fused-ring (bicyclic) bond motifs is 1. The summed E-state index contributed by atoms with van der Waals surface area (Å²) in [6.07, 6.45) is 0. The maximum Gasteiger partial charge on any atom is 0.255 e. The van der Waals surface area contributed by atoms with Crippen LogP contribution in [0.25, 0.3) is 20.8 Å². The van der Waals surface area contributed by atoms with E-state index in [-0.39, 0.29) is 5.91 Å². The molecule has 1 saturated heterocycles. The summed E-state index contributed by atoms with van der Waals surface area (Å²) in [5.41, 5.74) is 4.18. The number of anilines is 1. The van der Waals surface area contributed by atoms with Gasteiger partial charge in [0.25, 0.3) is 5.91 Å². The molecule has 1 aliphatic rings. The van der Waals surface area contributed by atoms with Gasteiger partial charge in [-0.1, -0.05) is 18.2 Å². The Hall–Kier alpha value is -3.66. The topological polar surface area (TPSA) is 85.0 Å². The summed E-state index contributed by atoms with van der Waals surface area (Å²) < 4.78 is 17.3. The quantitative estimate of drug-likeness (QED) is 0.351. The number of thiazole rings is 1. The van der Waals surface area contributed by atoms with Crippen LogP contribution in [0.5, 0.6) is 17.2 Å². The first-order chi connectivity index (χ1) is 18.1. The Kier molecular flexibility index (Phi) is 7.55. The third-order valence-electron chi connectivity index (χ3n) is 6.40. The highest BCUT2D eigenvalue weighted by Gasteiger charge is 2.19. The van der Waals surface area contributed by atoms with Gasteiger partial charge in [-0.2, -0.15) is 0 Å². The summed E-state index contributed by atoms with van der Waals surface area (Å²) in [4.78, 5) is 20.6. The minimum absolute atomic E-state index is 0.286. The van der Waals surface area contributed by atoms with Crippen molar-refractivity contribution in [2.45, 2.75) is 6.54 Å². The van der Waals surface area contributed by atoms with Crippen molar-refractivity contribution in [1.29, 1.82) is 0 Å². The van der Waals surface area contributed by atoms with Crippen molar-refractivity contribution in [3.63, 3.8) is 0 Å². The Morgan fingerprint density at radius 2 is 1.73 bits per heavy atom. The van der Waals surface area contributed by atoms with Gasteiger partial charge in [-0.3, -0.25) is 9.69 Å². The predicted molar refractivity (Wildman–Crippen MR) is 147 cm³/mol. The first-order valence-electron chi connectivity index (χ1n) is 12.1. The molecular formula is C28H30N4O4S. The lowest BCUT2D eigenvalue weighted by Crippen LogP contribution is -2.42. The Morgan fingerprint density at radius 3 is 2.43 bits per heavy atom. The highest BCUT2D eigenvalue weighted by molar-refractivity contribution is 7.21. The van der Waals surface area contributed by atoms with Gasteiger partial charge in [-0.05, 0) is 42.0 Å². The number of nitrogens with one attached hydrogen (secondary N) is 2. The molecule has 0 bridgehead atoms. The van der Waals surface area contributed by atoms with Crippen LogP contribution < -0.4 is 24.8 Å². The molecule has 2 N–H and O–H groups in total. The third kappa shape index (κ3) is 5.39. The number of piperazine rings is 1. The Morgan fingerprint density at radius 1 is 1.00 bits per heavy atom. The van der Waals surface area contributed by atoms with Crippen molar-refractivity contribution in [2.75, 3.05) is 52.8 Å². The molecule has 8 nitrogen and oxygen atoms in total. The summed E-state index contributed by atoms with van der Waals surface area (Å²) in [7, 11) is 4.58. The first-order valence-corrected chi connectivity index (χ1v) is 12.9. The van der Waals surface area contributed by atoms with Crippen LogP contribution >= 0.6 is 11.3 Å². The number of aromatic nitrogens is 1. The molecule has 1 aliphatic heterocycles. The third-order valence-corrected chi connectivity index (χ3v) is 7.45. The first kappa shape index (κ1) is 25.0. The van der Waals surface area contributed by atoms with E-state index in [1.165, 1.54) is 26.9 Å². The maximum atomic E-state index is 13.3. The number of carbonyl (C=O) groups excluding carboxylic acids is 1. The number of methoxy groups -OCH3 is 3. The number of para-hydroxylation sites is 1. The van der Waals surface area contributed by atoms with E-state index in [1.54, 1.807) is 23.5 Å².